The Morgan fingerprint density at radius 2 is 2.09 bits per heavy atom. The third-order valence-corrected chi connectivity index (χ3v) is 4.67. The molecule has 0 bridgehead atoms. The van der Waals surface area contributed by atoms with E-state index < -0.39 is 0 Å². The van der Waals surface area contributed by atoms with Crippen molar-refractivity contribution in [2.75, 3.05) is 31.7 Å². The Balaban J connectivity index is 0.00000264. The summed E-state index contributed by atoms with van der Waals surface area (Å²) in [5, 5.41) is 6.30. The number of amides is 1. The molecule has 1 fully saturated rings. The number of halogens is 1. The van der Waals surface area contributed by atoms with E-state index in [4.69, 9.17) is 0 Å². The van der Waals surface area contributed by atoms with Gasteiger partial charge in [0, 0.05) is 37.1 Å². The monoisotopic (exact) mass is 358 g/mol. The Hall–Kier alpha value is -1.24. The van der Waals surface area contributed by atoms with Crippen LogP contribution in [0.25, 0.3) is 0 Å². The maximum Gasteiger partial charge on any atom is 0.337 e. The molecule has 0 aliphatic carbocycles. The Morgan fingerprint density at radius 1 is 1.35 bits per heavy atom. The summed E-state index contributed by atoms with van der Waals surface area (Å²) in [4.78, 5) is 23.2. The molecule has 1 aromatic rings. The van der Waals surface area contributed by atoms with Crippen LogP contribution in [0.2, 0.25) is 0 Å². The van der Waals surface area contributed by atoms with Crippen molar-refractivity contribution in [1.29, 1.82) is 0 Å². The first-order valence-electron chi connectivity index (χ1n) is 7.44. The topological polar surface area (TPSA) is 67.4 Å². The van der Waals surface area contributed by atoms with Crippen LogP contribution in [-0.4, -0.2) is 49.6 Å². The second kappa shape index (κ2) is 10.5. The van der Waals surface area contributed by atoms with Crippen molar-refractivity contribution in [3.05, 3.63) is 35.4 Å². The van der Waals surface area contributed by atoms with E-state index in [1.807, 2.05) is 23.9 Å². The van der Waals surface area contributed by atoms with E-state index >= 15 is 0 Å². The number of esters is 1. The van der Waals surface area contributed by atoms with Gasteiger partial charge in [-0.2, -0.15) is 11.8 Å². The number of carbonyl (C=O) groups is 2. The van der Waals surface area contributed by atoms with Crippen molar-refractivity contribution in [3.63, 3.8) is 0 Å². The molecule has 5 nitrogen and oxygen atoms in total. The number of benzene rings is 1. The molecule has 128 valence electrons. The average Bonchev–Trinajstić information content (AvgIpc) is 2.55. The summed E-state index contributed by atoms with van der Waals surface area (Å²) in [5.74, 6) is 1.88. The predicted molar refractivity (Wildman–Crippen MR) is 95.5 cm³/mol. The van der Waals surface area contributed by atoms with Crippen molar-refractivity contribution in [2.45, 2.75) is 18.9 Å². The third kappa shape index (κ3) is 6.81. The molecule has 1 heterocycles. The van der Waals surface area contributed by atoms with Crippen LogP contribution in [0.4, 0.5) is 0 Å². The fraction of sp³-hybridized carbons (Fsp3) is 0.500. The minimum atomic E-state index is -0.335. The molecule has 1 aliphatic heterocycles. The molecular formula is C16H23ClN2O3S. The molecular weight excluding hydrogens is 336 g/mol. The van der Waals surface area contributed by atoms with E-state index in [9.17, 15) is 9.59 Å². The number of hydrogen-bond acceptors (Lipinski definition) is 5. The Kier molecular flexibility index (Phi) is 9.06. The lowest BCUT2D eigenvalue weighted by atomic mass is 10.1. The lowest BCUT2D eigenvalue weighted by Gasteiger charge is -2.22. The van der Waals surface area contributed by atoms with Gasteiger partial charge in [-0.1, -0.05) is 12.1 Å². The maximum absolute atomic E-state index is 11.9. The summed E-state index contributed by atoms with van der Waals surface area (Å²) in [7, 11) is 1.37. The highest BCUT2D eigenvalue weighted by molar-refractivity contribution is 7.99. The Morgan fingerprint density at radius 3 is 2.70 bits per heavy atom. The second-order valence-corrected chi connectivity index (χ2v) is 6.37. The molecule has 1 aromatic carbocycles. The highest BCUT2D eigenvalue weighted by Gasteiger charge is 2.16. The predicted octanol–water partition coefficient (Wildman–Crippen LogP) is 1.65. The van der Waals surface area contributed by atoms with Crippen molar-refractivity contribution in [2.24, 2.45) is 0 Å². The zero-order valence-electron chi connectivity index (χ0n) is 13.2. The van der Waals surface area contributed by atoms with Gasteiger partial charge in [0.2, 0.25) is 5.91 Å². The van der Waals surface area contributed by atoms with Gasteiger partial charge in [0.25, 0.3) is 0 Å². The van der Waals surface area contributed by atoms with Gasteiger partial charge in [0.05, 0.1) is 12.7 Å². The van der Waals surface area contributed by atoms with Gasteiger partial charge in [-0.05, 0) is 24.1 Å². The molecule has 7 heteroatoms. The molecule has 2 rings (SSSR count). The van der Waals surface area contributed by atoms with E-state index in [0.29, 0.717) is 18.5 Å². The first kappa shape index (κ1) is 19.8. The van der Waals surface area contributed by atoms with Gasteiger partial charge in [-0.15, -0.1) is 12.4 Å². The number of nitrogens with one attached hydrogen (secondary N) is 2. The quantitative estimate of drug-likeness (QED) is 0.757. The van der Waals surface area contributed by atoms with Crippen LogP contribution in [-0.2, 0) is 16.0 Å². The van der Waals surface area contributed by atoms with Crippen molar-refractivity contribution in [1.82, 2.24) is 10.6 Å². The lowest BCUT2D eigenvalue weighted by molar-refractivity contribution is -0.121. The van der Waals surface area contributed by atoms with E-state index in [-0.39, 0.29) is 30.3 Å². The van der Waals surface area contributed by atoms with E-state index in [0.717, 1.165) is 30.0 Å². The maximum atomic E-state index is 11.9. The number of rotatable bonds is 6. The van der Waals surface area contributed by atoms with Gasteiger partial charge in [-0.3, -0.25) is 4.79 Å². The van der Waals surface area contributed by atoms with Gasteiger partial charge < -0.3 is 15.4 Å². The highest BCUT2D eigenvalue weighted by atomic mass is 35.5. The zero-order chi connectivity index (χ0) is 15.8. The van der Waals surface area contributed by atoms with Gasteiger partial charge in [-0.25, -0.2) is 4.79 Å². The fourth-order valence-corrected chi connectivity index (χ4v) is 3.27. The van der Waals surface area contributed by atoms with Gasteiger partial charge in [0.15, 0.2) is 0 Å². The fourth-order valence-electron chi connectivity index (χ4n) is 2.32. The molecule has 0 radical (unpaired) electrons. The first-order valence-corrected chi connectivity index (χ1v) is 8.59. The van der Waals surface area contributed by atoms with Crippen LogP contribution in [0.15, 0.2) is 24.3 Å². The van der Waals surface area contributed by atoms with E-state index in [1.165, 1.54) is 7.11 Å². The molecule has 0 spiro atoms. The lowest BCUT2D eigenvalue weighted by Crippen LogP contribution is -2.41. The van der Waals surface area contributed by atoms with Crippen LogP contribution < -0.4 is 10.6 Å². The molecule has 1 amide bonds. The molecule has 0 saturated carbocycles. The van der Waals surface area contributed by atoms with Crippen molar-refractivity contribution < 1.29 is 14.3 Å². The van der Waals surface area contributed by atoms with Crippen molar-refractivity contribution >= 4 is 36.0 Å². The van der Waals surface area contributed by atoms with Crippen LogP contribution in [0.5, 0.6) is 0 Å². The Labute approximate surface area is 147 Å². The smallest absolute Gasteiger partial charge is 0.337 e. The minimum Gasteiger partial charge on any atom is -0.465 e. The molecule has 23 heavy (non-hydrogen) atoms. The zero-order valence-corrected chi connectivity index (χ0v) is 14.8. The SMILES string of the molecule is COC(=O)c1ccc(CCNC(=O)CC2CSCCN2)cc1.Cl. The normalized spacial score (nSPS) is 17.0. The molecule has 1 aliphatic rings. The summed E-state index contributed by atoms with van der Waals surface area (Å²) < 4.78 is 4.66. The third-order valence-electron chi connectivity index (χ3n) is 3.54. The van der Waals surface area contributed by atoms with Gasteiger partial charge in [0.1, 0.15) is 0 Å². The van der Waals surface area contributed by atoms with E-state index in [2.05, 4.69) is 15.4 Å². The molecule has 2 N–H and O–H groups in total. The number of carbonyl (C=O) groups excluding carboxylic acids is 2. The number of ether oxygens (including phenoxy) is 1. The summed E-state index contributed by atoms with van der Waals surface area (Å²) >= 11 is 1.89. The standard InChI is InChI=1S/C16H22N2O3S.ClH/c1-21-16(20)13-4-2-12(3-5-13)6-7-18-15(19)10-14-11-22-9-8-17-14;/h2-5,14,17H,6-11H2,1H3,(H,18,19);1H. The number of thioether (sulfide) groups is 1. The summed E-state index contributed by atoms with van der Waals surface area (Å²) in [5.41, 5.74) is 1.62. The first-order chi connectivity index (χ1) is 10.7. The van der Waals surface area contributed by atoms with Crippen LogP contribution >= 0.6 is 24.2 Å². The van der Waals surface area contributed by atoms with Crippen LogP contribution in [0, 0.1) is 0 Å². The number of methoxy groups -OCH3 is 1. The second-order valence-electron chi connectivity index (χ2n) is 5.22. The van der Waals surface area contributed by atoms with Crippen LogP contribution in [0.3, 0.4) is 0 Å². The highest BCUT2D eigenvalue weighted by Crippen LogP contribution is 2.10. The van der Waals surface area contributed by atoms with Gasteiger partial charge >= 0.3 is 5.97 Å². The summed E-state index contributed by atoms with van der Waals surface area (Å²) in [6, 6.07) is 7.55. The molecule has 1 unspecified atom stereocenters. The van der Waals surface area contributed by atoms with Crippen molar-refractivity contribution in [3.8, 4) is 0 Å². The molecule has 1 atom stereocenters. The molecule has 0 aromatic heterocycles. The summed E-state index contributed by atoms with van der Waals surface area (Å²) in [6.45, 7) is 1.59. The average molecular weight is 359 g/mol. The largest absolute Gasteiger partial charge is 0.465 e. The number of hydrogen-bond donors (Lipinski definition) is 2. The van der Waals surface area contributed by atoms with E-state index in [1.54, 1.807) is 12.1 Å². The Bertz CT molecular complexity index is 505. The molecule has 1 saturated heterocycles. The summed E-state index contributed by atoms with van der Waals surface area (Å²) in [6.07, 6.45) is 1.29. The van der Waals surface area contributed by atoms with Crippen LogP contribution in [0.1, 0.15) is 22.3 Å². The minimum absolute atomic E-state index is 0.